The molecule has 0 aromatic heterocycles. The van der Waals surface area contributed by atoms with Gasteiger partial charge < -0.3 is 0 Å². The van der Waals surface area contributed by atoms with Gasteiger partial charge >= 0.3 is 6.18 Å². The minimum absolute atomic E-state index is 0.410. The first-order chi connectivity index (χ1) is 11.4. The van der Waals surface area contributed by atoms with E-state index in [4.69, 9.17) is 0 Å². The van der Waals surface area contributed by atoms with Crippen LogP contribution in [0.3, 0.4) is 0 Å². The molecule has 2 rings (SSSR count). The zero-order chi connectivity index (χ0) is 17.6. The van der Waals surface area contributed by atoms with E-state index in [9.17, 15) is 17.6 Å². The second-order valence-corrected chi connectivity index (χ2v) is 7.23. The minimum atomic E-state index is -4.48. The summed E-state index contributed by atoms with van der Waals surface area (Å²) in [6.45, 7) is 2.22. The maximum absolute atomic E-state index is 13.9. The third-order valence-corrected chi connectivity index (χ3v) is 5.38. The summed E-state index contributed by atoms with van der Waals surface area (Å²) in [4.78, 5) is 0. The van der Waals surface area contributed by atoms with Gasteiger partial charge in [-0.1, -0.05) is 64.4 Å². The Bertz CT molecular complexity index is 499. The van der Waals surface area contributed by atoms with Crippen LogP contribution in [0.5, 0.6) is 0 Å². The van der Waals surface area contributed by atoms with E-state index in [-0.39, 0.29) is 0 Å². The van der Waals surface area contributed by atoms with Crippen LogP contribution < -0.4 is 0 Å². The Morgan fingerprint density at radius 1 is 0.958 bits per heavy atom. The van der Waals surface area contributed by atoms with Crippen LogP contribution in [0, 0.1) is 17.7 Å². The molecule has 0 saturated heterocycles. The predicted octanol–water partition coefficient (Wildman–Crippen LogP) is 7.16. The van der Waals surface area contributed by atoms with Crippen LogP contribution in [0.25, 0.3) is 0 Å². The van der Waals surface area contributed by atoms with E-state index in [1.54, 1.807) is 0 Å². The van der Waals surface area contributed by atoms with Gasteiger partial charge in [0.15, 0.2) is 0 Å². The number of unbranched alkanes of at least 4 members (excludes halogenated alkanes) is 2. The Balaban J connectivity index is 1.76. The van der Waals surface area contributed by atoms with E-state index in [1.165, 1.54) is 57.4 Å². The van der Waals surface area contributed by atoms with Crippen molar-refractivity contribution in [3.05, 3.63) is 35.1 Å². The van der Waals surface area contributed by atoms with Crippen LogP contribution in [0.1, 0.15) is 75.8 Å². The molecule has 0 bridgehead atoms. The van der Waals surface area contributed by atoms with Crippen molar-refractivity contribution in [1.29, 1.82) is 0 Å². The quantitative estimate of drug-likeness (QED) is 0.363. The van der Waals surface area contributed by atoms with Crippen molar-refractivity contribution in [2.75, 3.05) is 0 Å². The Morgan fingerprint density at radius 2 is 1.58 bits per heavy atom. The van der Waals surface area contributed by atoms with Crippen molar-refractivity contribution in [3.8, 4) is 0 Å². The van der Waals surface area contributed by atoms with Gasteiger partial charge in [0.2, 0.25) is 0 Å². The third-order valence-electron chi connectivity index (χ3n) is 5.38. The third kappa shape index (κ3) is 5.78. The van der Waals surface area contributed by atoms with Crippen LogP contribution in [0.2, 0.25) is 0 Å². The predicted molar refractivity (Wildman–Crippen MR) is 89.3 cm³/mol. The number of benzene rings is 1. The van der Waals surface area contributed by atoms with E-state index >= 15 is 0 Å². The van der Waals surface area contributed by atoms with Crippen LogP contribution in [0.4, 0.5) is 17.6 Å². The molecule has 1 aliphatic rings. The molecule has 1 saturated carbocycles. The van der Waals surface area contributed by atoms with Gasteiger partial charge in [-0.15, -0.1) is 0 Å². The molecule has 0 atom stereocenters. The van der Waals surface area contributed by atoms with Crippen molar-refractivity contribution >= 4 is 0 Å². The van der Waals surface area contributed by atoms with E-state index in [0.29, 0.717) is 24.0 Å². The Labute approximate surface area is 142 Å². The molecule has 0 unspecified atom stereocenters. The van der Waals surface area contributed by atoms with Gasteiger partial charge in [-0.3, -0.25) is 0 Å². The van der Waals surface area contributed by atoms with Crippen molar-refractivity contribution in [2.24, 2.45) is 11.8 Å². The number of aryl methyl sites for hydroxylation is 1. The highest BCUT2D eigenvalue weighted by Crippen LogP contribution is 2.35. The Hall–Kier alpha value is -1.06. The summed E-state index contributed by atoms with van der Waals surface area (Å²) in [5, 5.41) is 0. The lowest BCUT2D eigenvalue weighted by Crippen LogP contribution is -2.15. The lowest BCUT2D eigenvalue weighted by atomic mass is 9.77. The van der Waals surface area contributed by atoms with E-state index in [0.717, 1.165) is 18.4 Å². The van der Waals surface area contributed by atoms with Crippen molar-refractivity contribution in [2.45, 2.75) is 77.3 Å². The number of rotatable bonds is 7. The Morgan fingerprint density at radius 3 is 2.12 bits per heavy atom. The second kappa shape index (κ2) is 8.87. The Kier molecular flexibility index (Phi) is 7.12. The SMILES string of the molecule is CCCCCC1CCC(CCc2ccc(C(F)(F)F)cc2F)CC1. The second-order valence-electron chi connectivity index (χ2n) is 7.23. The number of hydrogen-bond donors (Lipinski definition) is 0. The average Bonchev–Trinajstić information content (AvgIpc) is 2.54. The maximum atomic E-state index is 13.9. The van der Waals surface area contributed by atoms with E-state index < -0.39 is 17.6 Å². The molecule has 0 amide bonds. The topological polar surface area (TPSA) is 0 Å². The molecule has 1 aromatic carbocycles. The summed E-state index contributed by atoms with van der Waals surface area (Å²) in [6.07, 6.45) is 7.03. The van der Waals surface area contributed by atoms with Gasteiger partial charge in [0, 0.05) is 0 Å². The van der Waals surface area contributed by atoms with Gasteiger partial charge in [0.05, 0.1) is 5.56 Å². The number of alkyl halides is 3. The van der Waals surface area contributed by atoms with Gasteiger partial charge in [-0.2, -0.15) is 13.2 Å². The van der Waals surface area contributed by atoms with E-state index in [1.807, 2.05) is 0 Å². The van der Waals surface area contributed by atoms with Gasteiger partial charge in [-0.25, -0.2) is 4.39 Å². The molecule has 1 aromatic rings. The molecular formula is C20H28F4. The molecule has 24 heavy (non-hydrogen) atoms. The molecule has 0 N–H and O–H groups in total. The fourth-order valence-corrected chi connectivity index (χ4v) is 3.78. The van der Waals surface area contributed by atoms with Gasteiger partial charge in [0.1, 0.15) is 5.82 Å². The van der Waals surface area contributed by atoms with Crippen LogP contribution >= 0.6 is 0 Å². The minimum Gasteiger partial charge on any atom is -0.207 e. The first-order valence-corrected chi connectivity index (χ1v) is 9.25. The van der Waals surface area contributed by atoms with Crippen molar-refractivity contribution < 1.29 is 17.6 Å². The number of hydrogen-bond acceptors (Lipinski definition) is 0. The summed E-state index contributed by atoms with van der Waals surface area (Å²) in [6, 6.07) is 2.91. The van der Waals surface area contributed by atoms with Crippen LogP contribution in [-0.2, 0) is 12.6 Å². The summed E-state index contributed by atoms with van der Waals surface area (Å²) < 4.78 is 51.5. The maximum Gasteiger partial charge on any atom is 0.416 e. The van der Waals surface area contributed by atoms with Gasteiger partial charge in [0.25, 0.3) is 0 Å². The molecule has 136 valence electrons. The molecule has 1 aliphatic carbocycles. The zero-order valence-electron chi connectivity index (χ0n) is 14.5. The smallest absolute Gasteiger partial charge is 0.207 e. The fraction of sp³-hybridized carbons (Fsp3) is 0.700. The average molecular weight is 344 g/mol. The zero-order valence-corrected chi connectivity index (χ0v) is 14.5. The summed E-state index contributed by atoms with van der Waals surface area (Å²) in [7, 11) is 0. The molecule has 1 fully saturated rings. The monoisotopic (exact) mass is 344 g/mol. The highest BCUT2D eigenvalue weighted by Gasteiger charge is 2.31. The normalized spacial score (nSPS) is 21.9. The molecule has 4 heteroatoms. The molecule has 0 heterocycles. The van der Waals surface area contributed by atoms with Crippen LogP contribution in [-0.4, -0.2) is 0 Å². The van der Waals surface area contributed by atoms with Crippen molar-refractivity contribution in [3.63, 3.8) is 0 Å². The van der Waals surface area contributed by atoms with Crippen molar-refractivity contribution in [1.82, 2.24) is 0 Å². The largest absolute Gasteiger partial charge is 0.416 e. The van der Waals surface area contributed by atoms with Crippen LogP contribution in [0.15, 0.2) is 18.2 Å². The highest BCUT2D eigenvalue weighted by atomic mass is 19.4. The first kappa shape index (κ1) is 19.3. The lowest BCUT2D eigenvalue weighted by molar-refractivity contribution is -0.137. The van der Waals surface area contributed by atoms with E-state index in [2.05, 4.69) is 6.92 Å². The molecule has 0 spiro atoms. The van der Waals surface area contributed by atoms with Gasteiger partial charge in [-0.05, 0) is 42.4 Å². The standard InChI is InChI=1S/C20H28F4/c1-2-3-4-5-15-6-8-16(9-7-15)10-11-17-12-13-18(14-19(17)21)20(22,23)24/h12-16H,2-11H2,1H3. The molecule has 0 aliphatic heterocycles. The summed E-state index contributed by atoms with van der Waals surface area (Å²) >= 11 is 0. The molecule has 0 nitrogen and oxygen atoms in total. The lowest BCUT2D eigenvalue weighted by Gasteiger charge is -2.28. The number of halogens is 4. The molecular weight excluding hydrogens is 316 g/mol. The fourth-order valence-electron chi connectivity index (χ4n) is 3.78. The molecule has 0 radical (unpaired) electrons. The summed E-state index contributed by atoms with van der Waals surface area (Å²) in [5.41, 5.74) is -0.496. The first-order valence-electron chi connectivity index (χ1n) is 9.25. The highest BCUT2D eigenvalue weighted by molar-refractivity contribution is 5.26. The summed E-state index contributed by atoms with van der Waals surface area (Å²) in [5.74, 6) is 0.711.